The van der Waals surface area contributed by atoms with Gasteiger partial charge in [-0.05, 0) is 0 Å². The normalized spacial score (nSPS) is 49.2. The van der Waals surface area contributed by atoms with Crippen molar-refractivity contribution < 1.29 is 20.4 Å². The predicted octanol–water partition coefficient (Wildman–Crippen LogP) is -1.78. The van der Waals surface area contributed by atoms with Gasteiger partial charge in [0.1, 0.15) is 0 Å². The molecule has 4 heteroatoms. The molecule has 0 bridgehead atoms. The molecule has 10 heavy (non-hydrogen) atoms. The minimum atomic E-state index is -0.890. The van der Waals surface area contributed by atoms with E-state index in [4.69, 9.17) is 20.4 Å². The third-order valence-corrected chi connectivity index (χ3v) is 1.85. The molecule has 1 rings (SSSR count). The van der Waals surface area contributed by atoms with Crippen LogP contribution in [-0.4, -0.2) is 44.8 Å². The first-order valence-electron chi connectivity index (χ1n) is 3.33. The van der Waals surface area contributed by atoms with Gasteiger partial charge < -0.3 is 20.4 Å². The summed E-state index contributed by atoms with van der Waals surface area (Å²) in [7, 11) is 0. The first-order chi connectivity index (χ1) is 4.61. The lowest BCUT2D eigenvalue weighted by atomic mass is 9.90. The lowest BCUT2D eigenvalue weighted by molar-refractivity contribution is -0.107. The Balaban J connectivity index is 2.46. The highest BCUT2D eigenvalue weighted by Crippen LogP contribution is 2.19. The average molecular weight is 148 g/mol. The van der Waals surface area contributed by atoms with Crippen LogP contribution in [0, 0.1) is 0 Å². The molecule has 0 aromatic carbocycles. The van der Waals surface area contributed by atoms with E-state index in [-0.39, 0.29) is 12.8 Å². The van der Waals surface area contributed by atoms with E-state index in [2.05, 4.69) is 0 Å². The molecule has 4 nitrogen and oxygen atoms in total. The van der Waals surface area contributed by atoms with Gasteiger partial charge in [-0.1, -0.05) is 0 Å². The largest absolute Gasteiger partial charge is 0.390 e. The van der Waals surface area contributed by atoms with Crippen molar-refractivity contribution in [3.05, 3.63) is 0 Å². The minimum absolute atomic E-state index is 0.0579. The van der Waals surface area contributed by atoms with Crippen molar-refractivity contribution in [2.75, 3.05) is 0 Å². The highest BCUT2D eigenvalue weighted by molar-refractivity contribution is 4.84. The molecule has 0 amide bonds. The molecule has 0 saturated heterocycles. The molecule has 1 fully saturated rings. The van der Waals surface area contributed by atoms with Gasteiger partial charge in [0, 0.05) is 12.8 Å². The minimum Gasteiger partial charge on any atom is -0.390 e. The molecule has 4 N–H and O–H groups in total. The maximum Gasteiger partial charge on any atom is 0.0825 e. The second kappa shape index (κ2) is 2.84. The highest BCUT2D eigenvalue weighted by atomic mass is 16.4. The van der Waals surface area contributed by atoms with E-state index in [1.165, 1.54) is 0 Å². The summed E-state index contributed by atoms with van der Waals surface area (Å²) in [4.78, 5) is 0. The van der Waals surface area contributed by atoms with Gasteiger partial charge in [0.25, 0.3) is 0 Å². The summed E-state index contributed by atoms with van der Waals surface area (Å²) in [5.41, 5.74) is 0. The molecule has 0 aromatic rings. The van der Waals surface area contributed by atoms with Crippen molar-refractivity contribution in [3.8, 4) is 0 Å². The molecule has 0 unspecified atom stereocenters. The van der Waals surface area contributed by atoms with Crippen LogP contribution in [0.1, 0.15) is 12.8 Å². The summed E-state index contributed by atoms with van der Waals surface area (Å²) in [5.74, 6) is 0. The lowest BCUT2D eigenvalue weighted by Crippen LogP contribution is -2.44. The number of hydrogen-bond donors (Lipinski definition) is 4. The zero-order valence-electron chi connectivity index (χ0n) is 5.51. The van der Waals surface area contributed by atoms with Crippen molar-refractivity contribution in [2.45, 2.75) is 37.3 Å². The summed E-state index contributed by atoms with van der Waals surface area (Å²) >= 11 is 0. The van der Waals surface area contributed by atoms with Crippen LogP contribution in [0.3, 0.4) is 0 Å². The Morgan fingerprint density at radius 2 is 0.800 bits per heavy atom. The average Bonchev–Trinajstić information content (AvgIpc) is 1.84. The van der Waals surface area contributed by atoms with Crippen LogP contribution in [0.15, 0.2) is 0 Å². The van der Waals surface area contributed by atoms with Crippen LogP contribution < -0.4 is 0 Å². The van der Waals surface area contributed by atoms with Crippen LogP contribution in [0.25, 0.3) is 0 Å². The zero-order chi connectivity index (χ0) is 7.72. The van der Waals surface area contributed by atoms with Crippen molar-refractivity contribution in [1.82, 2.24) is 0 Å². The van der Waals surface area contributed by atoms with Crippen molar-refractivity contribution in [1.29, 1.82) is 0 Å². The van der Waals surface area contributed by atoms with Crippen molar-refractivity contribution in [2.24, 2.45) is 0 Å². The first kappa shape index (κ1) is 7.94. The van der Waals surface area contributed by atoms with Crippen LogP contribution in [0.5, 0.6) is 0 Å². The third kappa shape index (κ3) is 1.46. The first-order valence-corrected chi connectivity index (χ1v) is 3.33. The number of rotatable bonds is 0. The van der Waals surface area contributed by atoms with E-state index in [1.54, 1.807) is 0 Å². The number of hydrogen-bond acceptors (Lipinski definition) is 4. The Morgan fingerprint density at radius 1 is 0.600 bits per heavy atom. The van der Waals surface area contributed by atoms with Crippen LogP contribution in [-0.2, 0) is 0 Å². The van der Waals surface area contributed by atoms with Gasteiger partial charge in [-0.3, -0.25) is 0 Å². The number of aliphatic hydroxyl groups excluding tert-OH is 4. The summed E-state index contributed by atoms with van der Waals surface area (Å²) in [6, 6.07) is 0. The van der Waals surface area contributed by atoms with Crippen LogP contribution in [0.4, 0.5) is 0 Å². The van der Waals surface area contributed by atoms with Gasteiger partial charge in [-0.25, -0.2) is 0 Å². The van der Waals surface area contributed by atoms with Gasteiger partial charge in [-0.15, -0.1) is 0 Å². The standard InChI is InChI=1S/C6H12O4/c7-3-1-4(8)6(10)2-5(3)9/h3-10H,1-2H2/t3-,4-,5+,6+. The topological polar surface area (TPSA) is 80.9 Å². The van der Waals surface area contributed by atoms with Gasteiger partial charge in [-0.2, -0.15) is 0 Å². The molecule has 0 heterocycles. The Labute approximate surface area is 58.7 Å². The molecule has 0 aromatic heterocycles. The summed E-state index contributed by atoms with van der Waals surface area (Å²) in [5, 5.41) is 35.8. The van der Waals surface area contributed by atoms with Gasteiger partial charge in [0.2, 0.25) is 0 Å². The Morgan fingerprint density at radius 3 is 1.00 bits per heavy atom. The van der Waals surface area contributed by atoms with Crippen LogP contribution in [0.2, 0.25) is 0 Å². The maximum absolute atomic E-state index is 8.94. The molecule has 0 radical (unpaired) electrons. The molecule has 4 atom stereocenters. The SMILES string of the molecule is O[C@@H]1C[C@@H](O)[C@@H](O)C[C@@H]1O. The van der Waals surface area contributed by atoms with E-state index in [0.717, 1.165) is 0 Å². The Kier molecular flexibility index (Phi) is 2.25. The fourth-order valence-electron chi connectivity index (χ4n) is 1.12. The fourth-order valence-corrected chi connectivity index (χ4v) is 1.12. The smallest absolute Gasteiger partial charge is 0.0825 e. The van der Waals surface area contributed by atoms with E-state index < -0.39 is 24.4 Å². The van der Waals surface area contributed by atoms with E-state index in [1.807, 2.05) is 0 Å². The summed E-state index contributed by atoms with van der Waals surface area (Å²) in [6.07, 6.45) is -3.45. The molecule has 0 aliphatic heterocycles. The van der Waals surface area contributed by atoms with Gasteiger partial charge >= 0.3 is 0 Å². The van der Waals surface area contributed by atoms with E-state index in [9.17, 15) is 0 Å². The molecular weight excluding hydrogens is 136 g/mol. The molecule has 60 valence electrons. The molecule has 0 spiro atoms. The molecule has 1 aliphatic carbocycles. The summed E-state index contributed by atoms with van der Waals surface area (Å²) in [6.45, 7) is 0. The van der Waals surface area contributed by atoms with Crippen molar-refractivity contribution >= 4 is 0 Å². The number of aliphatic hydroxyl groups is 4. The zero-order valence-corrected chi connectivity index (χ0v) is 5.51. The monoisotopic (exact) mass is 148 g/mol. The third-order valence-electron chi connectivity index (χ3n) is 1.85. The maximum atomic E-state index is 8.94. The second-order valence-electron chi connectivity index (χ2n) is 2.74. The second-order valence-corrected chi connectivity index (χ2v) is 2.74. The molecule has 1 aliphatic rings. The van der Waals surface area contributed by atoms with Crippen molar-refractivity contribution in [3.63, 3.8) is 0 Å². The fraction of sp³-hybridized carbons (Fsp3) is 1.00. The van der Waals surface area contributed by atoms with Crippen LogP contribution >= 0.6 is 0 Å². The van der Waals surface area contributed by atoms with E-state index >= 15 is 0 Å². The molecule has 1 saturated carbocycles. The lowest BCUT2D eigenvalue weighted by Gasteiger charge is -2.30. The predicted molar refractivity (Wildman–Crippen MR) is 33.3 cm³/mol. The summed E-state index contributed by atoms with van der Waals surface area (Å²) < 4.78 is 0. The quantitative estimate of drug-likeness (QED) is 0.327. The highest BCUT2D eigenvalue weighted by Gasteiger charge is 2.32. The van der Waals surface area contributed by atoms with E-state index in [0.29, 0.717) is 0 Å². The Hall–Kier alpha value is -0.160. The van der Waals surface area contributed by atoms with Gasteiger partial charge in [0.15, 0.2) is 0 Å². The van der Waals surface area contributed by atoms with Gasteiger partial charge in [0.05, 0.1) is 24.4 Å². The Bertz CT molecular complexity index is 90.3. The molecular formula is C6H12O4.